The number of hydrogen-bond donors (Lipinski definition) is 2. The second-order valence-electron chi connectivity index (χ2n) is 5.19. The average molecular weight is 276 g/mol. The van der Waals surface area contributed by atoms with Crippen LogP contribution < -0.4 is 16.0 Å². The van der Waals surface area contributed by atoms with Crippen molar-refractivity contribution in [3.05, 3.63) is 24.3 Å². The van der Waals surface area contributed by atoms with Crippen LogP contribution in [-0.4, -0.2) is 49.6 Å². The van der Waals surface area contributed by atoms with Crippen molar-refractivity contribution in [2.24, 2.45) is 0 Å². The Morgan fingerprint density at radius 3 is 2.65 bits per heavy atom. The van der Waals surface area contributed by atoms with Crippen molar-refractivity contribution in [1.29, 1.82) is 0 Å². The van der Waals surface area contributed by atoms with E-state index in [9.17, 15) is 4.79 Å². The highest BCUT2D eigenvalue weighted by molar-refractivity contribution is 5.81. The molecule has 0 spiro atoms. The molecule has 3 N–H and O–H groups in total. The summed E-state index contributed by atoms with van der Waals surface area (Å²) < 4.78 is 0. The van der Waals surface area contributed by atoms with Crippen LogP contribution in [0.4, 0.5) is 11.4 Å². The van der Waals surface area contributed by atoms with E-state index in [0.717, 1.165) is 37.6 Å². The topological polar surface area (TPSA) is 61.6 Å². The number of carbonyl (C=O) groups excluding carboxylic acids is 1. The van der Waals surface area contributed by atoms with Gasteiger partial charge in [0, 0.05) is 44.1 Å². The van der Waals surface area contributed by atoms with Gasteiger partial charge in [0.2, 0.25) is 5.91 Å². The fourth-order valence-electron chi connectivity index (χ4n) is 2.58. The molecule has 1 aromatic carbocycles. The zero-order valence-electron chi connectivity index (χ0n) is 12.3. The molecule has 1 heterocycles. The lowest BCUT2D eigenvalue weighted by Gasteiger charge is -2.38. The van der Waals surface area contributed by atoms with Crippen molar-refractivity contribution in [3.8, 4) is 0 Å². The van der Waals surface area contributed by atoms with Gasteiger partial charge in [0.1, 0.15) is 0 Å². The molecule has 1 saturated heterocycles. The second kappa shape index (κ2) is 6.61. The minimum atomic E-state index is -0.0575. The minimum Gasteiger partial charge on any atom is -0.399 e. The third kappa shape index (κ3) is 3.42. The third-order valence-electron chi connectivity index (χ3n) is 3.83. The lowest BCUT2D eigenvalue weighted by molar-refractivity contribution is -0.125. The molecule has 0 saturated carbocycles. The van der Waals surface area contributed by atoms with E-state index in [4.69, 9.17) is 5.73 Å². The van der Waals surface area contributed by atoms with Gasteiger partial charge < -0.3 is 16.0 Å². The number of nitrogens with two attached hydrogens (primary N) is 1. The summed E-state index contributed by atoms with van der Waals surface area (Å²) in [4.78, 5) is 16.4. The number of rotatable bonds is 4. The second-order valence-corrected chi connectivity index (χ2v) is 5.19. The van der Waals surface area contributed by atoms with Gasteiger partial charge in [-0.15, -0.1) is 0 Å². The minimum absolute atomic E-state index is 0.0575. The van der Waals surface area contributed by atoms with E-state index < -0.39 is 0 Å². The van der Waals surface area contributed by atoms with Gasteiger partial charge >= 0.3 is 0 Å². The number of likely N-dealkylation sites (N-methyl/N-ethyl adjacent to an activating group) is 1. The summed E-state index contributed by atoms with van der Waals surface area (Å²) >= 11 is 0. The maximum absolute atomic E-state index is 11.9. The molecule has 110 valence electrons. The van der Waals surface area contributed by atoms with Crippen molar-refractivity contribution in [1.82, 2.24) is 10.2 Å². The first-order valence-corrected chi connectivity index (χ1v) is 7.24. The first-order chi connectivity index (χ1) is 9.61. The van der Waals surface area contributed by atoms with Gasteiger partial charge in [-0.25, -0.2) is 0 Å². The number of carbonyl (C=O) groups is 1. The highest BCUT2D eigenvalue weighted by atomic mass is 16.2. The lowest BCUT2D eigenvalue weighted by atomic mass is 10.2. The van der Waals surface area contributed by atoms with E-state index in [2.05, 4.69) is 21.2 Å². The van der Waals surface area contributed by atoms with Crippen LogP contribution in [0.1, 0.15) is 13.8 Å². The average Bonchev–Trinajstić information content (AvgIpc) is 2.47. The Bertz CT molecular complexity index is 455. The molecule has 1 aromatic rings. The fraction of sp³-hybridized carbons (Fsp3) is 0.533. The molecule has 0 aromatic heterocycles. The number of amides is 1. The number of nitrogens with one attached hydrogen (secondary N) is 1. The van der Waals surface area contributed by atoms with Gasteiger partial charge in [-0.1, -0.05) is 6.07 Å². The highest BCUT2D eigenvalue weighted by Crippen LogP contribution is 2.19. The summed E-state index contributed by atoms with van der Waals surface area (Å²) in [6.45, 7) is 8.25. The first kappa shape index (κ1) is 14.7. The van der Waals surface area contributed by atoms with Crippen LogP contribution in [0.15, 0.2) is 24.3 Å². The lowest BCUT2D eigenvalue weighted by Crippen LogP contribution is -2.54. The molecule has 0 radical (unpaired) electrons. The summed E-state index contributed by atoms with van der Waals surface area (Å²) in [5.74, 6) is 0.116. The number of hydrogen-bond acceptors (Lipinski definition) is 4. The Morgan fingerprint density at radius 2 is 2.05 bits per heavy atom. The predicted octanol–water partition coefficient (Wildman–Crippen LogP) is 0.915. The zero-order chi connectivity index (χ0) is 14.5. The number of nitrogen functional groups attached to an aromatic ring is 1. The van der Waals surface area contributed by atoms with E-state index in [-0.39, 0.29) is 11.9 Å². The molecule has 1 unspecified atom stereocenters. The van der Waals surface area contributed by atoms with Crippen molar-refractivity contribution in [3.63, 3.8) is 0 Å². The normalized spacial score (nSPS) is 17.8. The Labute approximate surface area is 120 Å². The van der Waals surface area contributed by atoms with E-state index in [1.165, 1.54) is 0 Å². The summed E-state index contributed by atoms with van der Waals surface area (Å²) in [6, 6.07) is 7.91. The van der Waals surface area contributed by atoms with Crippen LogP contribution in [-0.2, 0) is 4.79 Å². The van der Waals surface area contributed by atoms with Crippen molar-refractivity contribution in [2.75, 3.05) is 43.4 Å². The molecule has 1 aliphatic rings. The van der Waals surface area contributed by atoms with Crippen molar-refractivity contribution in [2.45, 2.75) is 19.9 Å². The molecule has 2 rings (SSSR count). The summed E-state index contributed by atoms with van der Waals surface area (Å²) in [5.41, 5.74) is 7.78. The first-order valence-electron chi connectivity index (χ1n) is 7.24. The van der Waals surface area contributed by atoms with Gasteiger partial charge in [0.25, 0.3) is 0 Å². The molecule has 0 aliphatic carbocycles. The predicted molar refractivity (Wildman–Crippen MR) is 82.8 cm³/mol. The number of anilines is 2. The van der Waals surface area contributed by atoms with Crippen LogP contribution in [0, 0.1) is 0 Å². The maximum atomic E-state index is 11.9. The fourth-order valence-corrected chi connectivity index (χ4v) is 2.58. The molecule has 20 heavy (non-hydrogen) atoms. The quantitative estimate of drug-likeness (QED) is 0.803. The Kier molecular flexibility index (Phi) is 4.84. The van der Waals surface area contributed by atoms with Gasteiger partial charge in [0.15, 0.2) is 0 Å². The summed E-state index contributed by atoms with van der Waals surface area (Å²) in [6.07, 6.45) is 0. The van der Waals surface area contributed by atoms with Crippen molar-refractivity contribution >= 4 is 17.3 Å². The van der Waals surface area contributed by atoms with Crippen molar-refractivity contribution < 1.29 is 4.79 Å². The third-order valence-corrected chi connectivity index (χ3v) is 3.83. The van der Waals surface area contributed by atoms with Gasteiger partial charge in [0.05, 0.1) is 6.04 Å². The van der Waals surface area contributed by atoms with Gasteiger partial charge in [-0.2, -0.15) is 0 Å². The van der Waals surface area contributed by atoms with Crippen LogP contribution >= 0.6 is 0 Å². The van der Waals surface area contributed by atoms with Crippen LogP contribution in [0.2, 0.25) is 0 Å². The number of benzene rings is 1. The van der Waals surface area contributed by atoms with Gasteiger partial charge in [-0.3, -0.25) is 9.69 Å². The summed E-state index contributed by atoms with van der Waals surface area (Å²) in [7, 11) is 0. The summed E-state index contributed by atoms with van der Waals surface area (Å²) in [5, 5.41) is 2.88. The number of piperazine rings is 1. The molecule has 1 amide bonds. The molecule has 5 heteroatoms. The standard InChI is InChI=1S/C15H24N4O/c1-3-17-15(20)12(2)18-7-9-19(10-8-18)14-6-4-5-13(16)11-14/h4-6,11-12H,3,7-10,16H2,1-2H3,(H,17,20). The molecule has 5 nitrogen and oxygen atoms in total. The van der Waals surface area contributed by atoms with E-state index in [1.54, 1.807) is 0 Å². The maximum Gasteiger partial charge on any atom is 0.237 e. The van der Waals surface area contributed by atoms with E-state index >= 15 is 0 Å². The molecular weight excluding hydrogens is 252 g/mol. The largest absolute Gasteiger partial charge is 0.399 e. The SMILES string of the molecule is CCNC(=O)C(C)N1CCN(c2cccc(N)c2)CC1. The monoisotopic (exact) mass is 276 g/mol. The highest BCUT2D eigenvalue weighted by Gasteiger charge is 2.25. The Hall–Kier alpha value is -1.75. The smallest absolute Gasteiger partial charge is 0.237 e. The van der Waals surface area contributed by atoms with Crippen LogP contribution in [0.25, 0.3) is 0 Å². The van der Waals surface area contributed by atoms with Crippen LogP contribution in [0.3, 0.4) is 0 Å². The molecular formula is C15H24N4O. The van der Waals surface area contributed by atoms with Gasteiger partial charge in [-0.05, 0) is 32.0 Å². The zero-order valence-corrected chi connectivity index (χ0v) is 12.3. The number of nitrogens with zero attached hydrogens (tertiary/aromatic N) is 2. The molecule has 1 aliphatic heterocycles. The van der Waals surface area contributed by atoms with E-state index in [1.807, 2.05) is 32.0 Å². The molecule has 1 fully saturated rings. The van der Waals surface area contributed by atoms with E-state index in [0.29, 0.717) is 6.54 Å². The molecule has 0 bridgehead atoms. The van der Waals surface area contributed by atoms with Crippen LogP contribution in [0.5, 0.6) is 0 Å². The molecule has 1 atom stereocenters. The Balaban J connectivity index is 1.90. The Morgan fingerprint density at radius 1 is 1.35 bits per heavy atom.